The highest BCUT2D eigenvalue weighted by Gasteiger charge is 2.28. The zero-order chi connectivity index (χ0) is 24.7. The van der Waals surface area contributed by atoms with Crippen molar-refractivity contribution in [1.29, 1.82) is 0 Å². The van der Waals surface area contributed by atoms with Crippen molar-refractivity contribution in [2.75, 3.05) is 24.7 Å². The van der Waals surface area contributed by atoms with Crippen LogP contribution in [-0.2, 0) is 20.8 Å². The minimum atomic E-state index is -0.225. The number of anilines is 1. The van der Waals surface area contributed by atoms with Gasteiger partial charge in [-0.2, -0.15) is 24.6 Å². The van der Waals surface area contributed by atoms with E-state index in [0.717, 1.165) is 12.1 Å². The number of aryl methyl sites for hydroxylation is 2. The van der Waals surface area contributed by atoms with Gasteiger partial charge >= 0.3 is 6.15 Å². The van der Waals surface area contributed by atoms with E-state index in [0.29, 0.717) is 47.6 Å². The first-order valence-electron chi connectivity index (χ1n) is 10.6. The molecule has 0 aliphatic carbocycles. The number of halogens is 1. The van der Waals surface area contributed by atoms with Crippen LogP contribution in [0.1, 0.15) is 35.7 Å². The highest BCUT2D eigenvalue weighted by molar-refractivity contribution is 6.31. The van der Waals surface area contributed by atoms with Crippen molar-refractivity contribution in [2.45, 2.75) is 33.3 Å². The van der Waals surface area contributed by atoms with E-state index in [1.54, 1.807) is 40.6 Å². The van der Waals surface area contributed by atoms with Crippen LogP contribution < -0.4 is 5.06 Å². The molecule has 1 aliphatic heterocycles. The number of benzene rings is 1. The SMILES string of the molecule is CCc1cc(N2CCN(C(=O)c3cc(Cl)ccc3-n3nccn3)C[C@H](C)O2)nc(C)n1.O=C=O. The molecule has 0 bridgehead atoms. The van der Waals surface area contributed by atoms with Crippen molar-refractivity contribution in [1.82, 2.24) is 29.9 Å². The van der Waals surface area contributed by atoms with E-state index in [1.807, 2.05) is 19.9 Å². The molecule has 1 amide bonds. The molecule has 34 heavy (non-hydrogen) atoms. The summed E-state index contributed by atoms with van der Waals surface area (Å²) in [6.45, 7) is 7.22. The lowest BCUT2D eigenvalue weighted by Gasteiger charge is -2.23. The first-order chi connectivity index (χ1) is 16.4. The topological polar surface area (TPSA) is 123 Å². The number of nitrogens with zero attached hydrogens (tertiary/aromatic N) is 7. The van der Waals surface area contributed by atoms with Gasteiger partial charge in [-0.3, -0.25) is 9.63 Å². The summed E-state index contributed by atoms with van der Waals surface area (Å²) < 4.78 is 0. The van der Waals surface area contributed by atoms with E-state index in [-0.39, 0.29) is 18.2 Å². The summed E-state index contributed by atoms with van der Waals surface area (Å²) in [4.78, 5) is 47.9. The zero-order valence-electron chi connectivity index (χ0n) is 19.0. The zero-order valence-corrected chi connectivity index (χ0v) is 19.8. The fourth-order valence-corrected chi connectivity index (χ4v) is 3.73. The number of carbonyl (C=O) groups excluding carboxylic acids is 3. The molecule has 4 rings (SSSR count). The highest BCUT2D eigenvalue weighted by atomic mass is 35.5. The van der Waals surface area contributed by atoms with Crippen molar-refractivity contribution in [3.8, 4) is 5.69 Å². The van der Waals surface area contributed by atoms with Crippen LogP contribution in [-0.4, -0.2) is 67.7 Å². The molecule has 0 unspecified atom stereocenters. The molecule has 1 fully saturated rings. The summed E-state index contributed by atoms with van der Waals surface area (Å²) in [6, 6.07) is 7.04. The summed E-state index contributed by atoms with van der Waals surface area (Å²) in [7, 11) is 0. The van der Waals surface area contributed by atoms with Gasteiger partial charge < -0.3 is 4.90 Å². The Morgan fingerprint density at radius 2 is 1.88 bits per heavy atom. The Labute approximate surface area is 201 Å². The first-order valence-corrected chi connectivity index (χ1v) is 11.0. The maximum atomic E-state index is 13.5. The Kier molecular flexibility index (Phi) is 8.42. The minimum absolute atomic E-state index is 0.153. The molecule has 3 heterocycles. The Morgan fingerprint density at radius 3 is 2.56 bits per heavy atom. The smallest absolute Gasteiger partial charge is 0.334 e. The maximum absolute atomic E-state index is 13.5. The molecular weight excluding hydrogens is 462 g/mol. The maximum Gasteiger partial charge on any atom is 0.373 e. The van der Waals surface area contributed by atoms with Gasteiger partial charge in [0.05, 0.1) is 30.2 Å². The Bertz CT molecular complexity index is 1170. The summed E-state index contributed by atoms with van der Waals surface area (Å²) in [5, 5.41) is 10.5. The van der Waals surface area contributed by atoms with Crippen LogP contribution >= 0.6 is 11.6 Å². The minimum Gasteiger partial charge on any atom is -0.334 e. The van der Waals surface area contributed by atoms with E-state index in [2.05, 4.69) is 27.1 Å². The second-order valence-electron chi connectivity index (χ2n) is 7.45. The summed E-state index contributed by atoms with van der Waals surface area (Å²) in [5.74, 6) is 1.24. The Balaban J connectivity index is 0.00000103. The lowest BCUT2D eigenvalue weighted by molar-refractivity contribution is -0.191. The molecule has 1 aromatic carbocycles. The molecule has 1 aliphatic rings. The summed E-state index contributed by atoms with van der Waals surface area (Å²) >= 11 is 6.20. The predicted octanol–water partition coefficient (Wildman–Crippen LogP) is 2.28. The molecule has 12 heteroatoms. The Hall–Kier alpha value is -3.66. The van der Waals surface area contributed by atoms with Crippen molar-refractivity contribution < 1.29 is 19.2 Å². The third kappa shape index (κ3) is 6.02. The number of hydrogen-bond acceptors (Lipinski definition) is 9. The largest absolute Gasteiger partial charge is 0.373 e. The lowest BCUT2D eigenvalue weighted by Crippen LogP contribution is -2.37. The second-order valence-corrected chi connectivity index (χ2v) is 7.89. The summed E-state index contributed by atoms with van der Waals surface area (Å²) in [6.07, 6.45) is 3.97. The van der Waals surface area contributed by atoms with E-state index in [1.165, 1.54) is 4.80 Å². The van der Waals surface area contributed by atoms with E-state index < -0.39 is 0 Å². The van der Waals surface area contributed by atoms with Crippen LogP contribution in [0.2, 0.25) is 5.02 Å². The average molecular weight is 486 g/mol. The third-order valence-electron chi connectivity index (χ3n) is 4.96. The fourth-order valence-electron chi connectivity index (χ4n) is 3.55. The van der Waals surface area contributed by atoms with Crippen LogP contribution in [0.5, 0.6) is 0 Å². The van der Waals surface area contributed by atoms with Gasteiger partial charge in [0, 0.05) is 29.9 Å². The molecule has 3 aromatic rings. The number of rotatable bonds is 4. The van der Waals surface area contributed by atoms with Crippen molar-refractivity contribution in [3.05, 3.63) is 58.8 Å². The van der Waals surface area contributed by atoms with Crippen molar-refractivity contribution in [2.24, 2.45) is 0 Å². The van der Waals surface area contributed by atoms with Crippen LogP contribution in [0.25, 0.3) is 5.69 Å². The van der Waals surface area contributed by atoms with Gasteiger partial charge in [0.1, 0.15) is 11.9 Å². The third-order valence-corrected chi connectivity index (χ3v) is 5.20. The van der Waals surface area contributed by atoms with E-state index in [9.17, 15) is 4.79 Å². The van der Waals surface area contributed by atoms with Gasteiger partial charge in [0.25, 0.3) is 5.91 Å². The van der Waals surface area contributed by atoms with E-state index in [4.69, 9.17) is 26.0 Å². The fraction of sp³-hybridized carbons (Fsp3) is 0.364. The monoisotopic (exact) mass is 485 g/mol. The van der Waals surface area contributed by atoms with Gasteiger partial charge in [-0.15, -0.1) is 0 Å². The average Bonchev–Trinajstić information content (AvgIpc) is 3.27. The number of amides is 1. The number of carbonyl (C=O) groups is 1. The molecule has 178 valence electrons. The van der Waals surface area contributed by atoms with Gasteiger partial charge in [-0.05, 0) is 38.5 Å². The van der Waals surface area contributed by atoms with Gasteiger partial charge in [0.2, 0.25) is 0 Å². The van der Waals surface area contributed by atoms with Gasteiger partial charge in [-0.25, -0.2) is 15.0 Å². The standard InChI is InChI=1S/C21H24ClN7O2.CO2/c1-4-17-12-20(26-15(3)25-17)28-10-9-27(13-14(2)31-28)21(30)18-11-16(22)5-6-19(18)29-23-7-8-24-29;2-1-3/h5-8,11-12,14H,4,9-10,13H2,1-3H3;/t14-;/m0./s1. The van der Waals surface area contributed by atoms with Crippen molar-refractivity contribution >= 4 is 29.5 Å². The van der Waals surface area contributed by atoms with Crippen LogP contribution in [0.4, 0.5) is 5.82 Å². The lowest BCUT2D eigenvalue weighted by atomic mass is 10.1. The molecule has 1 saturated heterocycles. The normalized spacial score (nSPS) is 15.7. The molecule has 11 nitrogen and oxygen atoms in total. The quantitative estimate of drug-likeness (QED) is 0.547. The summed E-state index contributed by atoms with van der Waals surface area (Å²) in [5.41, 5.74) is 1.97. The molecule has 1 atom stereocenters. The molecular formula is C22H24ClN7O4. The first kappa shape index (κ1) is 25.0. The predicted molar refractivity (Wildman–Crippen MR) is 121 cm³/mol. The van der Waals surface area contributed by atoms with E-state index >= 15 is 0 Å². The van der Waals surface area contributed by atoms with Crippen LogP contribution in [0.15, 0.2) is 36.7 Å². The van der Waals surface area contributed by atoms with Crippen molar-refractivity contribution in [3.63, 3.8) is 0 Å². The van der Waals surface area contributed by atoms with Crippen LogP contribution in [0.3, 0.4) is 0 Å². The number of hydroxylamine groups is 1. The van der Waals surface area contributed by atoms with Gasteiger partial charge in [0.15, 0.2) is 5.82 Å². The van der Waals surface area contributed by atoms with Gasteiger partial charge in [-0.1, -0.05) is 18.5 Å². The van der Waals surface area contributed by atoms with Crippen LogP contribution in [0, 0.1) is 6.92 Å². The molecule has 0 radical (unpaired) electrons. The highest BCUT2D eigenvalue weighted by Crippen LogP contribution is 2.23. The molecule has 0 saturated carbocycles. The second kappa shape index (κ2) is 11.5. The molecule has 0 spiro atoms. The number of hydrogen-bond donors (Lipinski definition) is 0. The molecule has 0 N–H and O–H groups in total. The number of aromatic nitrogens is 5. The molecule has 2 aromatic heterocycles. The Morgan fingerprint density at radius 1 is 1.18 bits per heavy atom.